The van der Waals surface area contributed by atoms with Gasteiger partial charge >= 0.3 is 0 Å². The van der Waals surface area contributed by atoms with E-state index in [1.54, 1.807) is 0 Å². The van der Waals surface area contributed by atoms with E-state index in [4.69, 9.17) is 0 Å². The Bertz CT molecular complexity index is 579. The van der Waals surface area contributed by atoms with Gasteiger partial charge in [0.15, 0.2) is 0 Å². The molecule has 1 aromatic rings. The minimum absolute atomic E-state index is 0.0540. The highest BCUT2D eigenvalue weighted by atomic mass is 16.3. The van der Waals surface area contributed by atoms with Crippen LogP contribution in [-0.2, 0) is 0 Å². The van der Waals surface area contributed by atoms with Crippen LogP contribution in [0.25, 0.3) is 0 Å². The molecular formula is C21H33N3O. The van der Waals surface area contributed by atoms with Gasteiger partial charge in [-0.2, -0.15) is 0 Å². The van der Waals surface area contributed by atoms with E-state index in [2.05, 4.69) is 24.6 Å². The highest BCUT2D eigenvalue weighted by molar-refractivity contribution is 5.50. The first-order chi connectivity index (χ1) is 11.7. The number of phenols is 1. The fourth-order valence-electron chi connectivity index (χ4n) is 3.20. The predicted molar refractivity (Wildman–Crippen MR) is 108 cm³/mol. The van der Waals surface area contributed by atoms with Gasteiger partial charge in [0.05, 0.1) is 18.1 Å². The van der Waals surface area contributed by atoms with E-state index in [9.17, 15) is 5.11 Å². The van der Waals surface area contributed by atoms with Gasteiger partial charge in [0.1, 0.15) is 5.75 Å². The molecule has 0 aliphatic carbocycles. The maximum atomic E-state index is 11.0. The zero-order chi connectivity index (χ0) is 19.3. The van der Waals surface area contributed by atoms with Gasteiger partial charge < -0.3 is 5.11 Å². The van der Waals surface area contributed by atoms with Gasteiger partial charge in [0, 0.05) is 11.1 Å². The highest BCUT2D eigenvalue weighted by Crippen LogP contribution is 2.39. The third kappa shape index (κ3) is 4.60. The standard InChI is InChI=1S/C21H33N3O/c1-10-18(22(4)5)15-13-16(19(11-2)23(6)7)21(25)17(14-15)20(12-3)24(8)9/h10-14,18-20,25H,1-3H2,4-9H3. The summed E-state index contributed by atoms with van der Waals surface area (Å²) >= 11 is 0. The number of nitrogens with zero attached hydrogens (tertiary/aromatic N) is 3. The number of likely N-dealkylation sites (N-methyl/N-ethyl adjacent to an activating group) is 3. The van der Waals surface area contributed by atoms with Crippen molar-refractivity contribution in [1.82, 2.24) is 14.7 Å². The maximum Gasteiger partial charge on any atom is 0.125 e. The average Bonchev–Trinajstić information content (AvgIpc) is 2.52. The van der Waals surface area contributed by atoms with E-state index in [1.165, 1.54) is 0 Å². The first-order valence-electron chi connectivity index (χ1n) is 8.43. The minimum Gasteiger partial charge on any atom is -0.507 e. The molecule has 4 heteroatoms. The largest absolute Gasteiger partial charge is 0.507 e. The fraction of sp³-hybridized carbons (Fsp3) is 0.429. The van der Waals surface area contributed by atoms with Crippen LogP contribution in [0.3, 0.4) is 0 Å². The van der Waals surface area contributed by atoms with Crippen molar-refractivity contribution >= 4 is 0 Å². The Labute approximate surface area is 153 Å². The lowest BCUT2D eigenvalue weighted by Crippen LogP contribution is -2.23. The number of benzene rings is 1. The number of aromatic hydroxyl groups is 1. The Morgan fingerprint density at radius 3 is 1.28 bits per heavy atom. The third-order valence-electron chi connectivity index (χ3n) is 4.51. The Morgan fingerprint density at radius 1 is 0.720 bits per heavy atom. The van der Waals surface area contributed by atoms with E-state index < -0.39 is 0 Å². The maximum absolute atomic E-state index is 11.0. The van der Waals surface area contributed by atoms with E-state index in [0.717, 1.165) is 16.7 Å². The molecule has 0 fully saturated rings. The smallest absolute Gasteiger partial charge is 0.125 e. The molecule has 0 spiro atoms. The van der Waals surface area contributed by atoms with Crippen LogP contribution in [0, 0.1) is 0 Å². The molecule has 0 heterocycles. The van der Waals surface area contributed by atoms with Crippen LogP contribution < -0.4 is 0 Å². The lowest BCUT2D eigenvalue weighted by molar-refractivity contribution is 0.320. The summed E-state index contributed by atoms with van der Waals surface area (Å²) in [6, 6.07) is 3.98. The molecule has 4 nitrogen and oxygen atoms in total. The van der Waals surface area contributed by atoms with Crippen molar-refractivity contribution in [2.75, 3.05) is 42.3 Å². The van der Waals surface area contributed by atoms with Crippen molar-refractivity contribution in [3.8, 4) is 5.75 Å². The molecule has 0 aliphatic rings. The second-order valence-corrected chi connectivity index (χ2v) is 6.98. The lowest BCUT2D eigenvalue weighted by Gasteiger charge is -2.30. The third-order valence-corrected chi connectivity index (χ3v) is 4.51. The molecule has 0 saturated carbocycles. The van der Waals surface area contributed by atoms with Crippen LogP contribution >= 0.6 is 0 Å². The molecule has 1 rings (SSSR count). The van der Waals surface area contributed by atoms with E-state index >= 15 is 0 Å². The Balaban J connectivity index is 3.74. The van der Waals surface area contributed by atoms with Crippen LogP contribution in [0.15, 0.2) is 50.1 Å². The highest BCUT2D eigenvalue weighted by Gasteiger charge is 2.24. The molecule has 25 heavy (non-hydrogen) atoms. The van der Waals surface area contributed by atoms with Crippen molar-refractivity contribution in [2.24, 2.45) is 0 Å². The molecule has 0 aliphatic heterocycles. The normalized spacial score (nSPS) is 15.2. The number of phenolic OH excluding ortho intramolecular Hbond substituents is 1. The molecule has 3 unspecified atom stereocenters. The van der Waals surface area contributed by atoms with Crippen molar-refractivity contribution in [1.29, 1.82) is 0 Å². The average molecular weight is 344 g/mol. The molecule has 0 radical (unpaired) electrons. The zero-order valence-electron chi connectivity index (χ0n) is 16.5. The predicted octanol–water partition coefficient (Wildman–Crippen LogP) is 3.76. The van der Waals surface area contributed by atoms with Gasteiger partial charge in [0.2, 0.25) is 0 Å². The van der Waals surface area contributed by atoms with Crippen LogP contribution in [0.5, 0.6) is 5.75 Å². The molecule has 3 atom stereocenters. The van der Waals surface area contributed by atoms with Gasteiger partial charge in [-0.3, -0.25) is 14.7 Å². The summed E-state index contributed by atoms with van der Waals surface area (Å²) in [7, 11) is 12.0. The number of rotatable bonds is 9. The van der Waals surface area contributed by atoms with Crippen LogP contribution in [-0.4, -0.2) is 62.1 Å². The Hall–Kier alpha value is -1.88. The molecule has 1 aromatic carbocycles. The second-order valence-electron chi connectivity index (χ2n) is 6.98. The Morgan fingerprint density at radius 2 is 1.04 bits per heavy atom. The molecule has 0 amide bonds. The molecule has 0 aromatic heterocycles. The molecular weight excluding hydrogens is 310 g/mol. The Kier molecular flexibility index (Phi) is 7.61. The van der Waals surface area contributed by atoms with E-state index in [-0.39, 0.29) is 18.1 Å². The summed E-state index contributed by atoms with van der Waals surface area (Å²) in [5, 5.41) is 11.0. The van der Waals surface area contributed by atoms with Crippen molar-refractivity contribution in [3.63, 3.8) is 0 Å². The van der Waals surface area contributed by atoms with Gasteiger partial charge in [-0.25, -0.2) is 0 Å². The molecule has 138 valence electrons. The van der Waals surface area contributed by atoms with E-state index in [0.29, 0.717) is 5.75 Å². The van der Waals surface area contributed by atoms with Crippen molar-refractivity contribution in [2.45, 2.75) is 18.1 Å². The number of hydrogen-bond acceptors (Lipinski definition) is 4. The minimum atomic E-state index is -0.0843. The second kappa shape index (κ2) is 8.99. The summed E-state index contributed by atoms with van der Waals surface area (Å²) in [6.07, 6.45) is 5.61. The fourth-order valence-corrected chi connectivity index (χ4v) is 3.20. The van der Waals surface area contributed by atoms with Crippen LogP contribution in [0.4, 0.5) is 0 Å². The SMILES string of the molecule is C=CC(c1cc(C(C=C)N(C)C)c(O)c(C(C=C)N(C)C)c1)N(C)C. The first kappa shape index (κ1) is 21.2. The van der Waals surface area contributed by atoms with Gasteiger partial charge in [-0.15, -0.1) is 19.7 Å². The van der Waals surface area contributed by atoms with Crippen molar-refractivity contribution < 1.29 is 5.11 Å². The summed E-state index contributed by atoms with van der Waals surface area (Å²) in [5.74, 6) is 0.294. The monoisotopic (exact) mass is 343 g/mol. The lowest BCUT2D eigenvalue weighted by atomic mass is 9.91. The van der Waals surface area contributed by atoms with Gasteiger partial charge in [-0.1, -0.05) is 18.2 Å². The summed E-state index contributed by atoms with van der Waals surface area (Å²) < 4.78 is 0. The summed E-state index contributed by atoms with van der Waals surface area (Å²) in [6.45, 7) is 11.9. The molecule has 0 saturated heterocycles. The van der Waals surface area contributed by atoms with Crippen LogP contribution in [0.1, 0.15) is 34.8 Å². The molecule has 1 N–H and O–H groups in total. The summed E-state index contributed by atoms with van der Waals surface area (Å²) in [5.41, 5.74) is 2.77. The van der Waals surface area contributed by atoms with Gasteiger partial charge in [0.25, 0.3) is 0 Å². The van der Waals surface area contributed by atoms with Crippen molar-refractivity contribution in [3.05, 3.63) is 66.8 Å². The molecule has 0 bridgehead atoms. The van der Waals surface area contributed by atoms with Crippen LogP contribution in [0.2, 0.25) is 0 Å². The first-order valence-corrected chi connectivity index (χ1v) is 8.43. The number of hydrogen-bond donors (Lipinski definition) is 1. The van der Waals surface area contributed by atoms with E-state index in [1.807, 2.05) is 82.4 Å². The summed E-state index contributed by atoms with van der Waals surface area (Å²) in [4.78, 5) is 6.17. The topological polar surface area (TPSA) is 30.0 Å². The zero-order valence-corrected chi connectivity index (χ0v) is 16.5. The quantitative estimate of drug-likeness (QED) is 0.692. The van der Waals surface area contributed by atoms with Gasteiger partial charge in [-0.05, 0) is 60.0 Å².